The first kappa shape index (κ1) is 15.6. The van der Waals surface area contributed by atoms with E-state index in [0.717, 1.165) is 5.56 Å². The van der Waals surface area contributed by atoms with Crippen LogP contribution in [0.2, 0.25) is 0 Å². The molecule has 2 N–H and O–H groups in total. The number of nitrogens with one attached hydrogen (secondary N) is 2. The first-order valence-electron chi connectivity index (χ1n) is 7.36. The molecule has 0 bridgehead atoms. The Labute approximate surface area is 139 Å². The highest BCUT2D eigenvalue weighted by Crippen LogP contribution is 2.32. The van der Waals surface area contributed by atoms with E-state index in [0.29, 0.717) is 22.9 Å². The van der Waals surface area contributed by atoms with Crippen LogP contribution >= 0.6 is 0 Å². The second kappa shape index (κ2) is 6.87. The number of anilines is 2. The molecule has 2 amide bonds. The number of carbonyl (C=O) groups is 2. The summed E-state index contributed by atoms with van der Waals surface area (Å²) >= 11 is 0. The molecular weight excluding hydrogens is 308 g/mol. The molecular formula is C18H16N2O4. The Morgan fingerprint density at radius 2 is 1.75 bits per heavy atom. The lowest BCUT2D eigenvalue weighted by molar-refractivity contribution is -0.114. The van der Waals surface area contributed by atoms with Crippen molar-refractivity contribution in [3.05, 3.63) is 54.1 Å². The van der Waals surface area contributed by atoms with E-state index in [4.69, 9.17) is 9.47 Å². The quantitative estimate of drug-likeness (QED) is 0.848. The minimum Gasteiger partial charge on any atom is -0.454 e. The number of benzene rings is 2. The maximum atomic E-state index is 12.0. The van der Waals surface area contributed by atoms with Crippen LogP contribution in [0, 0.1) is 0 Å². The average molecular weight is 324 g/mol. The number of rotatable bonds is 4. The first-order valence-corrected chi connectivity index (χ1v) is 7.36. The number of hydrogen-bond acceptors (Lipinski definition) is 4. The highest BCUT2D eigenvalue weighted by atomic mass is 16.7. The zero-order chi connectivity index (χ0) is 16.9. The van der Waals surface area contributed by atoms with Crippen LogP contribution in [0.25, 0.3) is 6.08 Å². The Morgan fingerprint density at radius 3 is 2.54 bits per heavy atom. The molecule has 2 aromatic rings. The van der Waals surface area contributed by atoms with Crippen molar-refractivity contribution in [3.8, 4) is 11.5 Å². The smallest absolute Gasteiger partial charge is 0.248 e. The van der Waals surface area contributed by atoms with E-state index in [9.17, 15) is 9.59 Å². The molecule has 1 aliphatic heterocycles. The van der Waals surface area contributed by atoms with Gasteiger partial charge in [0.15, 0.2) is 11.5 Å². The van der Waals surface area contributed by atoms with E-state index in [1.807, 2.05) is 12.1 Å². The van der Waals surface area contributed by atoms with Crippen molar-refractivity contribution < 1.29 is 19.1 Å². The first-order chi connectivity index (χ1) is 11.6. The fraction of sp³-hybridized carbons (Fsp3) is 0.111. The fourth-order valence-corrected chi connectivity index (χ4v) is 2.25. The monoisotopic (exact) mass is 324 g/mol. The summed E-state index contributed by atoms with van der Waals surface area (Å²) in [6.45, 7) is 1.65. The highest BCUT2D eigenvalue weighted by molar-refractivity contribution is 6.02. The molecule has 0 spiro atoms. The molecule has 0 saturated carbocycles. The van der Waals surface area contributed by atoms with Gasteiger partial charge >= 0.3 is 0 Å². The second-order valence-corrected chi connectivity index (χ2v) is 5.20. The largest absolute Gasteiger partial charge is 0.454 e. The van der Waals surface area contributed by atoms with Gasteiger partial charge in [-0.2, -0.15) is 0 Å². The predicted octanol–water partition coefficient (Wildman–Crippen LogP) is 3.03. The number of carbonyl (C=O) groups excluding carboxylic acids is 2. The van der Waals surface area contributed by atoms with E-state index in [2.05, 4.69) is 10.6 Å². The van der Waals surface area contributed by atoms with Gasteiger partial charge in [0.1, 0.15) is 0 Å². The second-order valence-electron chi connectivity index (χ2n) is 5.20. The summed E-state index contributed by atoms with van der Waals surface area (Å²) in [5.74, 6) is 0.931. The molecule has 0 saturated heterocycles. The Morgan fingerprint density at radius 1 is 1.00 bits per heavy atom. The van der Waals surface area contributed by atoms with Gasteiger partial charge in [0.2, 0.25) is 18.6 Å². The van der Waals surface area contributed by atoms with Gasteiger partial charge in [0.05, 0.1) is 0 Å². The molecule has 2 aromatic carbocycles. The van der Waals surface area contributed by atoms with Gasteiger partial charge < -0.3 is 20.1 Å². The van der Waals surface area contributed by atoms with Crippen molar-refractivity contribution in [2.75, 3.05) is 17.4 Å². The summed E-state index contributed by atoms with van der Waals surface area (Å²) in [5, 5.41) is 5.41. The van der Waals surface area contributed by atoms with Gasteiger partial charge in [-0.25, -0.2) is 0 Å². The molecule has 24 heavy (non-hydrogen) atoms. The summed E-state index contributed by atoms with van der Waals surface area (Å²) < 4.78 is 10.5. The van der Waals surface area contributed by atoms with Crippen LogP contribution < -0.4 is 20.1 Å². The molecule has 1 heterocycles. The number of hydrogen-bond donors (Lipinski definition) is 2. The van der Waals surface area contributed by atoms with Crippen LogP contribution in [0.3, 0.4) is 0 Å². The van der Waals surface area contributed by atoms with Crippen LogP contribution in [0.15, 0.2) is 48.5 Å². The molecule has 0 radical (unpaired) electrons. The van der Waals surface area contributed by atoms with Crippen molar-refractivity contribution in [2.24, 2.45) is 0 Å². The van der Waals surface area contributed by atoms with Gasteiger partial charge in [-0.15, -0.1) is 0 Å². The third-order valence-electron chi connectivity index (χ3n) is 3.27. The van der Waals surface area contributed by atoms with Crippen LogP contribution in [-0.4, -0.2) is 18.6 Å². The van der Waals surface area contributed by atoms with Gasteiger partial charge in [-0.05, 0) is 42.0 Å². The Hall–Kier alpha value is -3.28. The third-order valence-corrected chi connectivity index (χ3v) is 3.27. The average Bonchev–Trinajstić information content (AvgIpc) is 3.00. The van der Waals surface area contributed by atoms with E-state index in [1.165, 1.54) is 13.0 Å². The zero-order valence-corrected chi connectivity index (χ0v) is 13.0. The summed E-state index contributed by atoms with van der Waals surface area (Å²) in [6.07, 6.45) is 3.12. The lowest BCUT2D eigenvalue weighted by Crippen LogP contribution is -2.09. The molecule has 3 rings (SSSR count). The zero-order valence-electron chi connectivity index (χ0n) is 13.0. The molecule has 1 aliphatic rings. The maximum absolute atomic E-state index is 12.0. The molecule has 0 aromatic heterocycles. The summed E-state index contributed by atoms with van der Waals surface area (Å²) in [6, 6.07) is 12.4. The molecule has 6 heteroatoms. The Balaban J connectivity index is 1.64. The van der Waals surface area contributed by atoms with E-state index >= 15 is 0 Å². The van der Waals surface area contributed by atoms with Gasteiger partial charge in [-0.3, -0.25) is 9.59 Å². The lowest BCUT2D eigenvalue weighted by atomic mass is 10.2. The van der Waals surface area contributed by atoms with Crippen LogP contribution in [0.4, 0.5) is 11.4 Å². The molecule has 0 unspecified atom stereocenters. The van der Waals surface area contributed by atoms with Crippen molar-refractivity contribution in [1.82, 2.24) is 0 Å². The maximum Gasteiger partial charge on any atom is 0.248 e. The minimum atomic E-state index is -0.271. The van der Waals surface area contributed by atoms with Crippen molar-refractivity contribution in [2.45, 2.75) is 6.92 Å². The van der Waals surface area contributed by atoms with E-state index in [-0.39, 0.29) is 18.6 Å². The van der Waals surface area contributed by atoms with Crippen LogP contribution in [0.5, 0.6) is 11.5 Å². The molecule has 6 nitrogen and oxygen atoms in total. The Bertz CT molecular complexity index is 814. The number of ether oxygens (including phenoxy) is 2. The van der Waals surface area contributed by atoms with Crippen LogP contribution in [-0.2, 0) is 9.59 Å². The fourth-order valence-electron chi connectivity index (χ4n) is 2.25. The summed E-state index contributed by atoms with van der Waals surface area (Å²) in [7, 11) is 0. The topological polar surface area (TPSA) is 76.7 Å². The van der Waals surface area contributed by atoms with E-state index in [1.54, 1.807) is 36.4 Å². The van der Waals surface area contributed by atoms with Crippen molar-refractivity contribution in [3.63, 3.8) is 0 Å². The van der Waals surface area contributed by atoms with E-state index < -0.39 is 0 Å². The van der Waals surface area contributed by atoms with Gasteiger partial charge in [0, 0.05) is 24.4 Å². The normalized spacial score (nSPS) is 12.2. The standard InChI is InChI=1S/C18H16N2O4/c1-12(21)19-14-3-2-4-15(10-14)20-18(22)8-6-13-5-7-16-17(9-13)24-11-23-16/h2-10H,11H2,1H3,(H,19,21)(H,20,22)/b8-6+. The van der Waals surface area contributed by atoms with Crippen molar-refractivity contribution >= 4 is 29.3 Å². The molecule has 0 atom stereocenters. The Kier molecular flexibility index (Phi) is 4.47. The number of amides is 2. The lowest BCUT2D eigenvalue weighted by Gasteiger charge is -2.06. The van der Waals surface area contributed by atoms with Crippen molar-refractivity contribution in [1.29, 1.82) is 0 Å². The molecule has 0 fully saturated rings. The molecule has 0 aliphatic carbocycles. The SMILES string of the molecule is CC(=O)Nc1cccc(NC(=O)/C=C/c2ccc3c(c2)OCO3)c1. The van der Waals surface area contributed by atoms with Crippen LogP contribution in [0.1, 0.15) is 12.5 Å². The minimum absolute atomic E-state index is 0.166. The van der Waals surface area contributed by atoms with Gasteiger partial charge in [0.25, 0.3) is 0 Å². The molecule has 122 valence electrons. The predicted molar refractivity (Wildman–Crippen MR) is 91.0 cm³/mol. The highest BCUT2D eigenvalue weighted by Gasteiger charge is 2.12. The third kappa shape index (κ3) is 3.92. The van der Waals surface area contributed by atoms with Gasteiger partial charge in [-0.1, -0.05) is 12.1 Å². The summed E-state index contributed by atoms with van der Waals surface area (Å²) in [4.78, 5) is 23.1. The number of fused-ring (bicyclic) bond motifs is 1. The summed E-state index contributed by atoms with van der Waals surface area (Å²) in [5.41, 5.74) is 2.06.